The minimum absolute atomic E-state index is 0.0296. The SMILES string of the molecule is COCCc1cc2ccc3c(c2oc1=O)[C@H]1OC(=O)C[C@@H]2C[C@H](c4cccc(Cc5ccccc5)c4)C=C[C@H]2c2ccc(cc2)CCC(=C(C)C)C(=O)O[C@@H]1C(C)(C)O3. The zero-order chi connectivity index (χ0) is 41.3. The molecular weight excluding hydrogens is 741 g/mol. The van der Waals surface area contributed by atoms with Crippen LogP contribution >= 0.6 is 0 Å². The van der Waals surface area contributed by atoms with E-state index < -0.39 is 35.4 Å². The summed E-state index contributed by atoms with van der Waals surface area (Å²) in [5.74, 6) is -0.590. The first-order valence-corrected chi connectivity index (χ1v) is 20.7. The summed E-state index contributed by atoms with van der Waals surface area (Å²) in [6.07, 6.45) is 5.52. The number of carbonyl (C=O) groups is 2. The normalized spacial score (nSPS) is 22.7. The molecule has 2 bridgehead atoms. The van der Waals surface area contributed by atoms with Crippen LogP contribution in [0.3, 0.4) is 0 Å². The molecule has 0 N–H and O–H groups in total. The van der Waals surface area contributed by atoms with Crippen LogP contribution in [-0.2, 0) is 43.1 Å². The van der Waals surface area contributed by atoms with Crippen LogP contribution in [0.1, 0.15) is 104 Å². The average molecular weight is 793 g/mol. The number of ether oxygens (including phenoxy) is 4. The summed E-state index contributed by atoms with van der Waals surface area (Å²) in [5.41, 5.74) is 6.74. The van der Waals surface area contributed by atoms with Crippen molar-refractivity contribution in [3.05, 3.63) is 170 Å². The summed E-state index contributed by atoms with van der Waals surface area (Å²) < 4.78 is 30.8. The van der Waals surface area contributed by atoms with E-state index in [9.17, 15) is 14.4 Å². The Bertz CT molecular complexity index is 2470. The van der Waals surface area contributed by atoms with Gasteiger partial charge in [0, 0.05) is 48.3 Å². The van der Waals surface area contributed by atoms with Crippen molar-refractivity contribution in [3.63, 3.8) is 0 Å². The van der Waals surface area contributed by atoms with Gasteiger partial charge in [0.2, 0.25) is 0 Å². The summed E-state index contributed by atoms with van der Waals surface area (Å²) in [7, 11) is 1.58. The number of hydrogen-bond donors (Lipinski definition) is 0. The van der Waals surface area contributed by atoms with E-state index >= 15 is 0 Å². The number of benzene rings is 4. The van der Waals surface area contributed by atoms with E-state index in [1.807, 2.05) is 39.8 Å². The minimum Gasteiger partial charge on any atom is -0.483 e. The summed E-state index contributed by atoms with van der Waals surface area (Å²) in [6, 6.07) is 33.2. The van der Waals surface area contributed by atoms with E-state index in [1.165, 1.54) is 16.7 Å². The van der Waals surface area contributed by atoms with Crippen LogP contribution in [0, 0.1) is 5.92 Å². The first-order valence-electron chi connectivity index (χ1n) is 20.7. The Morgan fingerprint density at radius 3 is 2.36 bits per heavy atom. The van der Waals surface area contributed by atoms with E-state index in [4.69, 9.17) is 23.4 Å². The molecule has 8 nitrogen and oxygen atoms in total. The molecular formula is C51H52O8. The van der Waals surface area contributed by atoms with E-state index in [0.29, 0.717) is 53.7 Å². The number of aryl methyl sites for hydroxylation is 1. The quantitative estimate of drug-likeness (QED) is 0.0725. The van der Waals surface area contributed by atoms with Gasteiger partial charge < -0.3 is 23.4 Å². The van der Waals surface area contributed by atoms with Gasteiger partial charge in [0.1, 0.15) is 16.9 Å². The molecule has 304 valence electrons. The summed E-state index contributed by atoms with van der Waals surface area (Å²) >= 11 is 0. The number of fused-ring (bicyclic) bond motifs is 11. The van der Waals surface area contributed by atoms with Gasteiger partial charge in [0.25, 0.3) is 0 Å². The van der Waals surface area contributed by atoms with Crippen LogP contribution in [-0.4, -0.2) is 37.4 Å². The topological polar surface area (TPSA) is 101 Å². The van der Waals surface area contributed by atoms with E-state index in [0.717, 1.165) is 29.5 Å². The van der Waals surface area contributed by atoms with Crippen LogP contribution < -0.4 is 10.4 Å². The van der Waals surface area contributed by atoms with Crippen molar-refractivity contribution in [2.75, 3.05) is 13.7 Å². The van der Waals surface area contributed by atoms with Crippen LogP contribution in [0.5, 0.6) is 5.75 Å². The van der Waals surface area contributed by atoms with Crippen molar-refractivity contribution < 1.29 is 33.0 Å². The van der Waals surface area contributed by atoms with Crippen LogP contribution in [0.2, 0.25) is 0 Å². The average Bonchev–Trinajstić information content (AvgIpc) is 3.21. The number of esters is 2. The third-order valence-electron chi connectivity index (χ3n) is 12.2. The molecule has 4 aliphatic rings. The molecule has 4 aromatic carbocycles. The first kappa shape index (κ1) is 40.1. The van der Waals surface area contributed by atoms with Crippen LogP contribution in [0.25, 0.3) is 11.0 Å². The molecule has 0 fully saturated rings. The summed E-state index contributed by atoms with van der Waals surface area (Å²) in [4.78, 5) is 42.2. The minimum atomic E-state index is -1.13. The molecule has 9 rings (SSSR count). The fraction of sp³-hybridized carbons (Fsp3) is 0.353. The Morgan fingerprint density at radius 1 is 0.814 bits per heavy atom. The van der Waals surface area contributed by atoms with Gasteiger partial charge in [-0.1, -0.05) is 96.6 Å². The highest BCUT2D eigenvalue weighted by molar-refractivity contribution is 5.90. The maximum absolute atomic E-state index is 14.6. The lowest BCUT2D eigenvalue weighted by atomic mass is 9.72. The van der Waals surface area contributed by atoms with Crippen LogP contribution in [0.15, 0.2) is 130 Å². The Balaban J connectivity index is 1.20. The largest absolute Gasteiger partial charge is 0.483 e. The van der Waals surface area contributed by atoms with Gasteiger partial charge in [-0.3, -0.25) is 4.79 Å². The van der Waals surface area contributed by atoms with Crippen LogP contribution in [0.4, 0.5) is 0 Å². The molecule has 59 heavy (non-hydrogen) atoms. The number of hydrogen-bond acceptors (Lipinski definition) is 8. The first-order chi connectivity index (χ1) is 28.5. The Morgan fingerprint density at radius 2 is 1.59 bits per heavy atom. The Hall–Kier alpha value is -5.73. The van der Waals surface area contributed by atoms with Crippen molar-refractivity contribution in [1.29, 1.82) is 0 Å². The molecule has 0 saturated carbocycles. The lowest BCUT2D eigenvalue weighted by molar-refractivity contribution is -0.188. The Kier molecular flexibility index (Phi) is 11.5. The van der Waals surface area contributed by atoms with Gasteiger partial charge in [-0.2, -0.15) is 0 Å². The highest BCUT2D eigenvalue weighted by Crippen LogP contribution is 2.48. The van der Waals surface area contributed by atoms with Gasteiger partial charge in [0.15, 0.2) is 12.2 Å². The van der Waals surface area contributed by atoms with Crippen molar-refractivity contribution in [2.45, 2.75) is 95.9 Å². The lowest BCUT2D eigenvalue weighted by Crippen LogP contribution is -2.52. The van der Waals surface area contributed by atoms with Crippen molar-refractivity contribution in [1.82, 2.24) is 0 Å². The molecule has 5 atom stereocenters. The zero-order valence-electron chi connectivity index (χ0n) is 34.5. The fourth-order valence-electron chi connectivity index (χ4n) is 9.05. The molecule has 5 aromatic rings. The highest BCUT2D eigenvalue weighted by atomic mass is 16.6. The predicted molar refractivity (Wildman–Crippen MR) is 228 cm³/mol. The molecule has 4 heterocycles. The number of carbonyl (C=O) groups excluding carboxylic acids is 2. The van der Waals surface area contributed by atoms with Crippen molar-refractivity contribution >= 4 is 22.9 Å². The van der Waals surface area contributed by atoms with Gasteiger partial charge in [-0.15, -0.1) is 0 Å². The molecule has 8 heteroatoms. The third-order valence-corrected chi connectivity index (χ3v) is 12.2. The van der Waals surface area contributed by atoms with E-state index in [-0.39, 0.29) is 29.8 Å². The van der Waals surface area contributed by atoms with Gasteiger partial charge in [-0.05, 0) is 105 Å². The second-order valence-electron chi connectivity index (χ2n) is 17.0. The van der Waals surface area contributed by atoms with Gasteiger partial charge in [0.05, 0.1) is 12.2 Å². The molecule has 0 unspecified atom stereocenters. The lowest BCUT2D eigenvalue weighted by Gasteiger charge is -2.43. The maximum atomic E-state index is 14.6. The standard InChI is InChI=1S/C51H52O8/c1-31(2)41-21-16-32-14-17-35(18-15-32)42-22-19-37(36-13-9-12-34(27-36)26-33-10-7-6-8-11-33)28-40(42)30-44(52)56-47-45-43(59-51(3,4)48(47)58-50(41)54)23-20-38-29-39(24-25-55-5)49(53)57-46(38)45/h6-15,17-20,22-23,27,29,37,40,42,47-48H,16,21,24-26,28,30H2,1-5H3/t37-,40+,42+,47-,48+/m1/s1. The maximum Gasteiger partial charge on any atom is 0.339 e. The summed E-state index contributed by atoms with van der Waals surface area (Å²) in [6.45, 7) is 7.80. The number of methoxy groups -OCH3 is 1. The van der Waals surface area contributed by atoms with Crippen molar-refractivity contribution in [3.8, 4) is 5.75 Å². The van der Waals surface area contributed by atoms with Crippen molar-refractivity contribution in [2.24, 2.45) is 5.92 Å². The Labute approximate surface area is 345 Å². The molecule has 0 saturated heterocycles. The zero-order valence-corrected chi connectivity index (χ0v) is 34.5. The third kappa shape index (κ3) is 8.55. The molecule has 1 aliphatic carbocycles. The number of rotatable bonds is 6. The molecule has 0 amide bonds. The second-order valence-corrected chi connectivity index (χ2v) is 17.0. The number of allylic oxidation sites excluding steroid dienone is 3. The molecule has 1 aromatic heterocycles. The van der Waals surface area contributed by atoms with E-state index in [1.54, 1.807) is 19.2 Å². The van der Waals surface area contributed by atoms with E-state index in [2.05, 4.69) is 84.9 Å². The smallest absolute Gasteiger partial charge is 0.339 e. The molecule has 3 aliphatic heterocycles. The highest BCUT2D eigenvalue weighted by Gasteiger charge is 2.51. The molecule has 0 spiro atoms. The second kappa shape index (κ2) is 16.9. The van der Waals surface area contributed by atoms with Gasteiger partial charge >= 0.3 is 17.6 Å². The fourth-order valence-corrected chi connectivity index (χ4v) is 9.05. The summed E-state index contributed by atoms with van der Waals surface area (Å²) in [5, 5.41) is 0.633. The van der Waals surface area contributed by atoms with Gasteiger partial charge in [-0.25, -0.2) is 9.59 Å². The predicted octanol–water partition coefficient (Wildman–Crippen LogP) is 10.1. The molecule has 0 radical (unpaired) electrons. The monoisotopic (exact) mass is 792 g/mol.